The van der Waals surface area contributed by atoms with E-state index in [9.17, 15) is 4.79 Å². The van der Waals surface area contributed by atoms with Gasteiger partial charge in [0.25, 0.3) is 0 Å². The Morgan fingerprint density at radius 1 is 1.32 bits per heavy atom. The summed E-state index contributed by atoms with van der Waals surface area (Å²) in [6.07, 6.45) is 4.04. The molecule has 0 radical (unpaired) electrons. The van der Waals surface area contributed by atoms with Crippen LogP contribution >= 0.6 is 0 Å². The first-order valence-electron chi connectivity index (χ1n) is 6.51. The number of rotatable bonds is 5. The highest BCUT2D eigenvalue weighted by Gasteiger charge is 2.56. The topological polar surface area (TPSA) is 61.6 Å². The van der Waals surface area contributed by atoms with E-state index in [1.807, 2.05) is 18.2 Å². The minimum atomic E-state index is -0.449. The fourth-order valence-electron chi connectivity index (χ4n) is 2.75. The summed E-state index contributed by atoms with van der Waals surface area (Å²) in [4.78, 5) is 11.8. The first-order valence-corrected chi connectivity index (χ1v) is 6.51. The molecule has 1 saturated carbocycles. The third-order valence-corrected chi connectivity index (χ3v) is 4.07. The molecule has 0 spiro atoms. The minimum absolute atomic E-state index is 0.0186. The predicted molar refractivity (Wildman–Crippen MR) is 69.6 cm³/mol. The molecule has 0 saturated heterocycles. The molecule has 4 nitrogen and oxygen atoms in total. The van der Waals surface area contributed by atoms with Crippen LogP contribution in [0.15, 0.2) is 42.4 Å². The average molecular weight is 259 g/mol. The van der Waals surface area contributed by atoms with E-state index >= 15 is 0 Å². The van der Waals surface area contributed by atoms with Crippen LogP contribution in [0.2, 0.25) is 0 Å². The van der Waals surface area contributed by atoms with Gasteiger partial charge in [0, 0.05) is 5.92 Å². The lowest BCUT2D eigenvalue weighted by Gasteiger charge is -2.24. The molecule has 1 fully saturated rings. The smallest absolute Gasteiger partial charge is 0.229 e. The zero-order valence-corrected chi connectivity index (χ0v) is 10.7. The van der Waals surface area contributed by atoms with Crippen molar-refractivity contribution in [2.45, 2.75) is 19.3 Å². The summed E-state index contributed by atoms with van der Waals surface area (Å²) in [5, 5.41) is 0. The summed E-state index contributed by atoms with van der Waals surface area (Å²) in [6, 6.07) is 10.1. The molecule has 100 valence electrons. The van der Waals surface area contributed by atoms with E-state index in [0.29, 0.717) is 0 Å². The van der Waals surface area contributed by atoms with Crippen molar-refractivity contribution in [3.05, 3.63) is 47.9 Å². The Kier molecular flexibility index (Phi) is 2.93. The predicted octanol–water partition coefficient (Wildman–Crippen LogP) is 1.96. The van der Waals surface area contributed by atoms with Crippen molar-refractivity contribution in [3.8, 4) is 0 Å². The van der Waals surface area contributed by atoms with Crippen LogP contribution < -0.4 is 5.73 Å². The van der Waals surface area contributed by atoms with Crippen molar-refractivity contribution >= 4 is 5.91 Å². The number of amides is 1. The lowest BCUT2D eigenvalue weighted by atomic mass is 9.82. The van der Waals surface area contributed by atoms with Gasteiger partial charge in [-0.25, -0.2) is 0 Å². The maximum Gasteiger partial charge on any atom is 0.229 e. The largest absolute Gasteiger partial charge is 0.462 e. The first kappa shape index (κ1) is 12.1. The van der Waals surface area contributed by atoms with Crippen molar-refractivity contribution in [1.82, 2.24) is 0 Å². The van der Waals surface area contributed by atoms with Gasteiger partial charge in [0.1, 0.15) is 12.0 Å². The zero-order chi connectivity index (χ0) is 13.3. The molecule has 1 amide bonds. The number of hydrogen-bond acceptors (Lipinski definition) is 3. The number of carbonyl (C=O) groups excluding carboxylic acids is 1. The first-order chi connectivity index (χ1) is 9.22. The van der Waals surface area contributed by atoms with Crippen LogP contribution in [0.4, 0.5) is 0 Å². The highest BCUT2D eigenvalue weighted by molar-refractivity contribution is 5.84. The maximum atomic E-state index is 11.8. The second-order valence-corrected chi connectivity index (χ2v) is 5.21. The third kappa shape index (κ3) is 2.18. The van der Waals surface area contributed by atoms with Crippen molar-refractivity contribution in [3.63, 3.8) is 0 Å². The van der Waals surface area contributed by atoms with E-state index in [2.05, 4.69) is 12.1 Å². The molecule has 2 aliphatic rings. The zero-order valence-electron chi connectivity index (χ0n) is 10.7. The Morgan fingerprint density at radius 3 is 2.58 bits per heavy atom. The molecule has 1 heterocycles. The fourth-order valence-corrected chi connectivity index (χ4v) is 2.75. The van der Waals surface area contributed by atoms with Crippen molar-refractivity contribution in [2.24, 2.45) is 17.1 Å². The van der Waals surface area contributed by atoms with E-state index in [1.54, 1.807) is 6.26 Å². The Hall–Kier alpha value is -1.97. The van der Waals surface area contributed by atoms with Crippen molar-refractivity contribution in [2.75, 3.05) is 6.79 Å². The number of allylic oxidation sites excluding steroid dienone is 1. The number of nitrogens with two attached hydrogens (primary N) is 1. The standard InChI is InChI=1S/C15H17NO3/c16-14(17)15(6-7-15)12(13-9-18-10-19-13)8-11-4-2-1-3-5-11/h1-5,9,12H,6-8,10H2,(H2,16,17). The van der Waals surface area contributed by atoms with Gasteiger partial charge in [0.05, 0.1) is 5.41 Å². The van der Waals surface area contributed by atoms with E-state index in [-0.39, 0.29) is 18.6 Å². The number of benzene rings is 1. The molecule has 1 atom stereocenters. The highest BCUT2D eigenvalue weighted by atomic mass is 16.7. The molecule has 0 aromatic heterocycles. The Bertz CT molecular complexity index is 505. The SMILES string of the molecule is NC(=O)C1(C(Cc2ccccc2)C2=COCO2)CC1. The minimum Gasteiger partial charge on any atom is -0.462 e. The second kappa shape index (κ2) is 4.61. The van der Waals surface area contributed by atoms with Crippen LogP contribution in [0, 0.1) is 11.3 Å². The summed E-state index contributed by atoms with van der Waals surface area (Å²) in [6.45, 7) is 0.232. The van der Waals surface area contributed by atoms with Gasteiger partial charge < -0.3 is 15.2 Å². The lowest BCUT2D eigenvalue weighted by Crippen LogP contribution is -2.34. The van der Waals surface area contributed by atoms with Crippen LogP contribution in [0.1, 0.15) is 18.4 Å². The van der Waals surface area contributed by atoms with E-state index in [1.165, 1.54) is 5.56 Å². The van der Waals surface area contributed by atoms with E-state index in [4.69, 9.17) is 15.2 Å². The molecule has 2 N–H and O–H groups in total. The third-order valence-electron chi connectivity index (χ3n) is 4.07. The summed E-state index contributed by atoms with van der Waals surface area (Å²) >= 11 is 0. The van der Waals surface area contributed by atoms with Crippen LogP contribution in [0.25, 0.3) is 0 Å². The Morgan fingerprint density at radius 2 is 2.05 bits per heavy atom. The molecule has 1 unspecified atom stereocenters. The van der Waals surface area contributed by atoms with Gasteiger partial charge in [0.2, 0.25) is 12.7 Å². The Balaban J connectivity index is 1.87. The summed E-state index contributed by atoms with van der Waals surface area (Å²) in [5.41, 5.74) is 6.32. The van der Waals surface area contributed by atoms with Crippen LogP contribution in [-0.4, -0.2) is 12.7 Å². The lowest BCUT2D eigenvalue weighted by molar-refractivity contribution is -0.125. The molecule has 1 aliphatic carbocycles. The monoisotopic (exact) mass is 259 g/mol. The van der Waals surface area contributed by atoms with Crippen LogP contribution in [-0.2, 0) is 20.7 Å². The molecular weight excluding hydrogens is 242 g/mol. The van der Waals surface area contributed by atoms with Gasteiger partial charge in [-0.15, -0.1) is 0 Å². The number of primary amides is 1. The van der Waals surface area contributed by atoms with E-state index in [0.717, 1.165) is 25.0 Å². The van der Waals surface area contributed by atoms with Gasteiger partial charge in [-0.3, -0.25) is 4.79 Å². The van der Waals surface area contributed by atoms with Gasteiger partial charge in [-0.1, -0.05) is 30.3 Å². The maximum absolute atomic E-state index is 11.8. The number of carbonyl (C=O) groups is 1. The quantitative estimate of drug-likeness (QED) is 0.879. The van der Waals surface area contributed by atoms with Gasteiger partial charge in [-0.2, -0.15) is 0 Å². The molecular formula is C15H17NO3. The average Bonchev–Trinajstić information content (AvgIpc) is 3.05. The summed E-state index contributed by atoms with van der Waals surface area (Å²) in [7, 11) is 0. The molecule has 1 aromatic carbocycles. The summed E-state index contributed by atoms with van der Waals surface area (Å²) in [5.74, 6) is 0.500. The fraction of sp³-hybridized carbons (Fsp3) is 0.400. The molecule has 3 rings (SSSR count). The molecule has 0 bridgehead atoms. The van der Waals surface area contributed by atoms with Gasteiger partial charge in [0.15, 0.2) is 0 Å². The number of ether oxygens (including phenoxy) is 2. The highest BCUT2D eigenvalue weighted by Crippen LogP contribution is 2.55. The second-order valence-electron chi connectivity index (χ2n) is 5.21. The van der Waals surface area contributed by atoms with Crippen molar-refractivity contribution in [1.29, 1.82) is 0 Å². The van der Waals surface area contributed by atoms with E-state index < -0.39 is 5.41 Å². The van der Waals surface area contributed by atoms with Crippen LogP contribution in [0.3, 0.4) is 0 Å². The van der Waals surface area contributed by atoms with Crippen LogP contribution in [0.5, 0.6) is 0 Å². The Labute approximate surface area is 112 Å². The molecule has 4 heteroatoms. The van der Waals surface area contributed by atoms with Gasteiger partial charge in [-0.05, 0) is 24.8 Å². The molecule has 19 heavy (non-hydrogen) atoms. The molecule has 1 aliphatic heterocycles. The van der Waals surface area contributed by atoms with Crippen molar-refractivity contribution < 1.29 is 14.3 Å². The molecule has 1 aromatic rings. The summed E-state index contributed by atoms with van der Waals surface area (Å²) < 4.78 is 10.6. The van der Waals surface area contributed by atoms with Gasteiger partial charge >= 0.3 is 0 Å². The number of hydrogen-bond donors (Lipinski definition) is 1. The normalized spacial score (nSPS) is 20.9.